The molecular weight excluding hydrogens is 284 g/mol. The Hall–Kier alpha value is -1.84. The number of halogens is 1. The first kappa shape index (κ1) is 14.1. The topological polar surface area (TPSA) is 38.0 Å². The van der Waals surface area contributed by atoms with Crippen LogP contribution in [0.25, 0.3) is 16.7 Å². The molecule has 108 valence electrons. The third-order valence-corrected chi connectivity index (χ3v) is 4.18. The van der Waals surface area contributed by atoms with Crippen LogP contribution < -0.4 is 0 Å². The Morgan fingerprint density at radius 3 is 2.52 bits per heavy atom. The maximum absolute atomic E-state index is 9.63. The van der Waals surface area contributed by atoms with Crippen molar-refractivity contribution in [2.24, 2.45) is 0 Å². The van der Waals surface area contributed by atoms with Gasteiger partial charge in [0.25, 0.3) is 0 Å². The van der Waals surface area contributed by atoms with Crippen molar-refractivity contribution in [3.05, 3.63) is 58.4 Å². The van der Waals surface area contributed by atoms with Crippen LogP contribution in [0.5, 0.6) is 0 Å². The normalized spacial score (nSPS) is 12.8. The number of hydrogen-bond donors (Lipinski definition) is 1. The molecule has 3 aromatic rings. The third kappa shape index (κ3) is 2.43. The zero-order valence-electron chi connectivity index (χ0n) is 12.3. The van der Waals surface area contributed by atoms with Gasteiger partial charge in [0, 0.05) is 0 Å². The Morgan fingerprint density at radius 1 is 1.14 bits per heavy atom. The molecule has 4 heteroatoms. The van der Waals surface area contributed by atoms with Gasteiger partial charge in [-0.15, -0.1) is 0 Å². The van der Waals surface area contributed by atoms with Gasteiger partial charge in [0.05, 0.1) is 27.8 Å². The molecule has 0 unspecified atom stereocenters. The van der Waals surface area contributed by atoms with Crippen molar-refractivity contribution < 1.29 is 5.11 Å². The highest BCUT2D eigenvalue weighted by Crippen LogP contribution is 2.28. The van der Waals surface area contributed by atoms with E-state index in [1.807, 2.05) is 16.7 Å². The summed E-state index contributed by atoms with van der Waals surface area (Å²) in [4.78, 5) is 4.45. The van der Waals surface area contributed by atoms with Crippen LogP contribution in [0.2, 0.25) is 5.02 Å². The molecule has 3 rings (SSSR count). The van der Waals surface area contributed by atoms with Crippen molar-refractivity contribution in [3.8, 4) is 5.69 Å². The fourth-order valence-electron chi connectivity index (χ4n) is 2.43. The van der Waals surface area contributed by atoms with Crippen LogP contribution in [0.3, 0.4) is 0 Å². The molecule has 3 nitrogen and oxygen atoms in total. The molecule has 0 aliphatic carbocycles. The Balaban J connectivity index is 2.19. The van der Waals surface area contributed by atoms with Gasteiger partial charge >= 0.3 is 0 Å². The molecular formula is C17H17ClN2O. The van der Waals surface area contributed by atoms with Crippen LogP contribution in [-0.2, 0) is 0 Å². The van der Waals surface area contributed by atoms with Crippen LogP contribution in [0.15, 0.2) is 36.7 Å². The number of benzene rings is 2. The summed E-state index contributed by atoms with van der Waals surface area (Å²) in [5, 5.41) is 10.2. The fourth-order valence-corrected chi connectivity index (χ4v) is 2.71. The predicted octanol–water partition coefficient (Wildman–Crippen LogP) is 4.35. The van der Waals surface area contributed by atoms with E-state index >= 15 is 0 Å². The summed E-state index contributed by atoms with van der Waals surface area (Å²) in [5.41, 5.74) is 6.11. The first-order valence-electron chi connectivity index (χ1n) is 6.89. The Morgan fingerprint density at radius 2 is 1.86 bits per heavy atom. The number of aliphatic hydroxyl groups excluding tert-OH is 1. The van der Waals surface area contributed by atoms with Crippen molar-refractivity contribution in [1.29, 1.82) is 0 Å². The van der Waals surface area contributed by atoms with Gasteiger partial charge in [0.2, 0.25) is 0 Å². The number of aryl methyl sites for hydroxylation is 2. The average molecular weight is 301 g/mol. The van der Waals surface area contributed by atoms with Gasteiger partial charge in [-0.05, 0) is 61.7 Å². The number of aromatic nitrogens is 2. The van der Waals surface area contributed by atoms with E-state index in [0.29, 0.717) is 5.02 Å². The van der Waals surface area contributed by atoms with Gasteiger partial charge in [0.15, 0.2) is 0 Å². The molecule has 0 saturated heterocycles. The largest absolute Gasteiger partial charge is 0.389 e. The monoisotopic (exact) mass is 300 g/mol. The van der Waals surface area contributed by atoms with E-state index in [2.05, 4.69) is 31.0 Å². The van der Waals surface area contributed by atoms with Crippen molar-refractivity contribution in [3.63, 3.8) is 0 Å². The molecule has 0 radical (unpaired) electrons. The zero-order chi connectivity index (χ0) is 15.1. The lowest BCUT2D eigenvalue weighted by atomic mass is 10.1. The van der Waals surface area contributed by atoms with E-state index < -0.39 is 6.10 Å². The van der Waals surface area contributed by atoms with E-state index in [9.17, 15) is 5.11 Å². The SMILES string of the molecule is Cc1cc2ncn(-c3ccc([C@@H](C)O)cc3Cl)c2cc1C. The van der Waals surface area contributed by atoms with Crippen molar-refractivity contribution in [2.75, 3.05) is 0 Å². The minimum Gasteiger partial charge on any atom is -0.389 e. The molecule has 1 atom stereocenters. The second-order valence-corrected chi connectivity index (χ2v) is 5.83. The number of rotatable bonds is 2. The Labute approximate surface area is 128 Å². The molecule has 21 heavy (non-hydrogen) atoms. The molecule has 0 aliphatic heterocycles. The number of nitrogens with zero attached hydrogens (tertiary/aromatic N) is 2. The highest BCUT2D eigenvalue weighted by molar-refractivity contribution is 6.32. The van der Waals surface area contributed by atoms with Gasteiger partial charge in [-0.3, -0.25) is 4.57 Å². The minimum absolute atomic E-state index is 0.527. The number of hydrogen-bond acceptors (Lipinski definition) is 2. The summed E-state index contributed by atoms with van der Waals surface area (Å²) in [6, 6.07) is 9.81. The first-order valence-corrected chi connectivity index (χ1v) is 7.27. The third-order valence-electron chi connectivity index (χ3n) is 3.88. The van der Waals surface area contributed by atoms with Crippen LogP contribution in [0.4, 0.5) is 0 Å². The fraction of sp³-hybridized carbons (Fsp3) is 0.235. The van der Waals surface area contributed by atoms with Crippen molar-refractivity contribution >= 4 is 22.6 Å². The number of imidazole rings is 1. The first-order chi connectivity index (χ1) is 9.97. The molecule has 0 aliphatic rings. The van der Waals surface area contributed by atoms with Gasteiger partial charge in [0.1, 0.15) is 6.33 Å². The van der Waals surface area contributed by atoms with Gasteiger partial charge < -0.3 is 5.11 Å². The Bertz CT molecular complexity index is 821. The van der Waals surface area contributed by atoms with E-state index in [-0.39, 0.29) is 0 Å². The smallest absolute Gasteiger partial charge is 0.100 e. The maximum atomic E-state index is 9.63. The minimum atomic E-state index is -0.527. The van der Waals surface area contributed by atoms with Crippen LogP contribution in [0.1, 0.15) is 29.7 Å². The van der Waals surface area contributed by atoms with Gasteiger partial charge in [-0.25, -0.2) is 4.98 Å². The lowest BCUT2D eigenvalue weighted by molar-refractivity contribution is 0.199. The van der Waals surface area contributed by atoms with Crippen molar-refractivity contribution in [1.82, 2.24) is 9.55 Å². The molecule has 1 heterocycles. The standard InChI is InChI=1S/C17H17ClN2O/c1-10-6-15-17(7-11(10)2)20(9-19-15)16-5-4-13(12(3)21)8-14(16)18/h4-9,12,21H,1-3H3/t12-/m1/s1. The van der Waals surface area contributed by atoms with Gasteiger partial charge in [-0.2, -0.15) is 0 Å². The number of fused-ring (bicyclic) bond motifs is 1. The molecule has 0 fully saturated rings. The van der Waals surface area contributed by atoms with Crippen LogP contribution >= 0.6 is 11.6 Å². The average Bonchev–Trinajstić information content (AvgIpc) is 2.82. The van der Waals surface area contributed by atoms with E-state index in [4.69, 9.17) is 11.6 Å². The van der Waals surface area contributed by atoms with E-state index in [1.165, 1.54) is 11.1 Å². The quantitative estimate of drug-likeness (QED) is 0.764. The number of aliphatic hydroxyl groups is 1. The summed E-state index contributed by atoms with van der Waals surface area (Å²) in [6.07, 6.45) is 1.26. The second-order valence-electron chi connectivity index (χ2n) is 5.43. The highest BCUT2D eigenvalue weighted by atomic mass is 35.5. The maximum Gasteiger partial charge on any atom is 0.100 e. The highest BCUT2D eigenvalue weighted by Gasteiger charge is 2.11. The van der Waals surface area contributed by atoms with Crippen LogP contribution in [-0.4, -0.2) is 14.7 Å². The molecule has 0 saturated carbocycles. The zero-order valence-corrected chi connectivity index (χ0v) is 13.0. The summed E-state index contributed by atoms with van der Waals surface area (Å²) in [7, 11) is 0. The summed E-state index contributed by atoms with van der Waals surface area (Å²) < 4.78 is 1.98. The second kappa shape index (κ2) is 5.17. The van der Waals surface area contributed by atoms with Crippen molar-refractivity contribution in [2.45, 2.75) is 26.9 Å². The molecule has 1 N–H and O–H groups in total. The van der Waals surface area contributed by atoms with E-state index in [1.54, 1.807) is 19.3 Å². The van der Waals surface area contributed by atoms with Crippen LogP contribution in [0, 0.1) is 13.8 Å². The molecule has 2 aromatic carbocycles. The van der Waals surface area contributed by atoms with E-state index in [0.717, 1.165) is 22.3 Å². The lowest BCUT2D eigenvalue weighted by Gasteiger charge is -2.11. The van der Waals surface area contributed by atoms with Gasteiger partial charge in [-0.1, -0.05) is 17.7 Å². The molecule has 1 aromatic heterocycles. The summed E-state index contributed by atoms with van der Waals surface area (Å²) in [5.74, 6) is 0. The molecule has 0 spiro atoms. The predicted molar refractivity (Wildman–Crippen MR) is 86.2 cm³/mol. The lowest BCUT2D eigenvalue weighted by Crippen LogP contribution is -1.97. The summed E-state index contributed by atoms with van der Waals surface area (Å²) >= 11 is 6.38. The molecule has 0 amide bonds. The Kier molecular flexibility index (Phi) is 3.47. The summed E-state index contributed by atoms with van der Waals surface area (Å²) in [6.45, 7) is 5.90. The molecule has 0 bridgehead atoms.